The third-order valence-electron chi connectivity index (χ3n) is 5.17. The van der Waals surface area contributed by atoms with Crippen molar-refractivity contribution >= 4 is 17.6 Å². The van der Waals surface area contributed by atoms with Crippen LogP contribution in [0.3, 0.4) is 0 Å². The smallest absolute Gasteiger partial charge is 0.255 e. The number of aromatic nitrogens is 1. The Kier molecular flexibility index (Phi) is 5.74. The van der Waals surface area contributed by atoms with E-state index in [0.29, 0.717) is 18.7 Å². The molecule has 2 heterocycles. The van der Waals surface area contributed by atoms with Gasteiger partial charge in [0, 0.05) is 39.3 Å². The van der Waals surface area contributed by atoms with E-state index >= 15 is 0 Å². The Hall–Kier alpha value is -2.89. The van der Waals surface area contributed by atoms with Gasteiger partial charge in [0.1, 0.15) is 5.82 Å². The van der Waals surface area contributed by atoms with Crippen LogP contribution in [0.4, 0.5) is 5.82 Å². The summed E-state index contributed by atoms with van der Waals surface area (Å²) in [6.45, 7) is 4.86. The second-order valence-electron chi connectivity index (χ2n) is 7.03. The molecule has 6 nitrogen and oxygen atoms in total. The van der Waals surface area contributed by atoms with Crippen LogP contribution in [0.15, 0.2) is 48.7 Å². The maximum atomic E-state index is 12.7. The molecular formula is C21H26N4O2. The monoisotopic (exact) mass is 366 g/mol. The van der Waals surface area contributed by atoms with Gasteiger partial charge in [-0.05, 0) is 31.0 Å². The first kappa shape index (κ1) is 18.9. The number of nitrogens with one attached hydrogen (secondary N) is 1. The summed E-state index contributed by atoms with van der Waals surface area (Å²) in [6.07, 6.45) is 2.42. The van der Waals surface area contributed by atoms with Gasteiger partial charge >= 0.3 is 0 Å². The Labute approximate surface area is 160 Å². The molecule has 1 aliphatic heterocycles. The average Bonchev–Trinajstić information content (AvgIpc) is 3.18. The standard InChI is InChI=1S/C21H26N4O2/c1-15(17-7-5-4-6-8-17)23-20-10-9-18(13-22-20)21(27)25-12-11-19(14-25)24(3)16(2)26/h4-10,13,15,19H,11-12,14H2,1-3H3,(H,22,23)/t15?,19-/m0/s1. The van der Waals surface area contributed by atoms with Crippen LogP contribution in [-0.4, -0.2) is 52.8 Å². The van der Waals surface area contributed by atoms with Crippen LogP contribution in [0, 0.1) is 0 Å². The molecular weight excluding hydrogens is 340 g/mol. The Bertz CT molecular complexity index is 792. The molecule has 1 aliphatic rings. The lowest BCUT2D eigenvalue weighted by atomic mass is 10.1. The zero-order valence-electron chi connectivity index (χ0n) is 16.1. The molecule has 3 rings (SSSR count). The van der Waals surface area contributed by atoms with Gasteiger partial charge in [-0.3, -0.25) is 9.59 Å². The first-order valence-corrected chi connectivity index (χ1v) is 9.26. The summed E-state index contributed by atoms with van der Waals surface area (Å²) in [4.78, 5) is 32.1. The van der Waals surface area contributed by atoms with Gasteiger partial charge in [-0.15, -0.1) is 0 Å². The van der Waals surface area contributed by atoms with Crippen LogP contribution in [0.1, 0.15) is 42.2 Å². The Balaban J connectivity index is 1.60. The van der Waals surface area contributed by atoms with Crippen LogP contribution in [0.25, 0.3) is 0 Å². The predicted molar refractivity (Wildman–Crippen MR) is 105 cm³/mol. The van der Waals surface area contributed by atoms with Gasteiger partial charge in [0.15, 0.2) is 0 Å². The quantitative estimate of drug-likeness (QED) is 0.884. The fourth-order valence-electron chi connectivity index (χ4n) is 3.33. The zero-order chi connectivity index (χ0) is 19.4. The van der Waals surface area contributed by atoms with E-state index in [1.54, 1.807) is 36.0 Å². The van der Waals surface area contributed by atoms with Crippen LogP contribution < -0.4 is 5.32 Å². The van der Waals surface area contributed by atoms with E-state index in [1.807, 2.05) is 24.3 Å². The molecule has 1 fully saturated rings. The van der Waals surface area contributed by atoms with Crippen molar-refractivity contribution < 1.29 is 9.59 Å². The number of likely N-dealkylation sites (tertiary alicyclic amines) is 1. The molecule has 2 amide bonds. The summed E-state index contributed by atoms with van der Waals surface area (Å²) in [5.41, 5.74) is 1.75. The van der Waals surface area contributed by atoms with Gasteiger partial charge in [-0.2, -0.15) is 0 Å². The van der Waals surface area contributed by atoms with Crippen LogP contribution >= 0.6 is 0 Å². The Morgan fingerprint density at radius 2 is 1.96 bits per heavy atom. The summed E-state index contributed by atoms with van der Waals surface area (Å²) >= 11 is 0. The number of anilines is 1. The molecule has 1 aromatic carbocycles. The lowest BCUT2D eigenvalue weighted by Gasteiger charge is -2.23. The Morgan fingerprint density at radius 3 is 2.59 bits per heavy atom. The molecule has 6 heteroatoms. The lowest BCUT2D eigenvalue weighted by Crippen LogP contribution is -2.38. The number of hydrogen-bond acceptors (Lipinski definition) is 4. The highest BCUT2D eigenvalue weighted by atomic mass is 16.2. The minimum Gasteiger partial charge on any atom is -0.364 e. The van der Waals surface area contributed by atoms with E-state index in [4.69, 9.17) is 0 Å². The van der Waals surface area contributed by atoms with Crippen molar-refractivity contribution in [1.82, 2.24) is 14.8 Å². The molecule has 2 atom stereocenters. The van der Waals surface area contributed by atoms with Crippen molar-refractivity contribution in [1.29, 1.82) is 0 Å². The normalized spacial score (nSPS) is 17.4. The second-order valence-corrected chi connectivity index (χ2v) is 7.03. The van der Waals surface area contributed by atoms with E-state index in [9.17, 15) is 9.59 Å². The summed E-state index contributed by atoms with van der Waals surface area (Å²) in [7, 11) is 1.79. The van der Waals surface area contributed by atoms with Gasteiger partial charge in [0.25, 0.3) is 5.91 Å². The van der Waals surface area contributed by atoms with Crippen molar-refractivity contribution in [3.8, 4) is 0 Å². The van der Waals surface area contributed by atoms with Crippen LogP contribution in [0.2, 0.25) is 0 Å². The minimum absolute atomic E-state index is 0.0268. The molecule has 0 bridgehead atoms. The number of nitrogens with zero attached hydrogens (tertiary/aromatic N) is 3. The minimum atomic E-state index is -0.0374. The van der Waals surface area contributed by atoms with Crippen LogP contribution in [-0.2, 0) is 4.79 Å². The fraction of sp³-hybridized carbons (Fsp3) is 0.381. The van der Waals surface area contributed by atoms with E-state index < -0.39 is 0 Å². The molecule has 0 spiro atoms. The number of amides is 2. The van der Waals surface area contributed by atoms with Gasteiger partial charge < -0.3 is 15.1 Å². The molecule has 0 radical (unpaired) electrons. The number of carbonyl (C=O) groups excluding carboxylic acids is 2. The highest BCUT2D eigenvalue weighted by Crippen LogP contribution is 2.20. The molecule has 2 aromatic rings. The maximum absolute atomic E-state index is 12.7. The largest absolute Gasteiger partial charge is 0.364 e. The number of hydrogen-bond donors (Lipinski definition) is 1. The molecule has 1 aromatic heterocycles. The fourth-order valence-corrected chi connectivity index (χ4v) is 3.33. The van der Waals surface area contributed by atoms with Crippen molar-refractivity contribution in [3.63, 3.8) is 0 Å². The lowest BCUT2D eigenvalue weighted by molar-refractivity contribution is -0.129. The summed E-state index contributed by atoms with van der Waals surface area (Å²) in [5, 5.41) is 3.35. The number of pyridine rings is 1. The molecule has 0 aliphatic carbocycles. The molecule has 1 N–H and O–H groups in total. The van der Waals surface area contributed by atoms with E-state index in [1.165, 1.54) is 5.56 Å². The van der Waals surface area contributed by atoms with Crippen LogP contribution in [0.5, 0.6) is 0 Å². The van der Waals surface area contributed by atoms with Crippen molar-refractivity contribution in [2.24, 2.45) is 0 Å². The molecule has 27 heavy (non-hydrogen) atoms. The number of likely N-dealkylation sites (N-methyl/N-ethyl adjacent to an activating group) is 1. The topological polar surface area (TPSA) is 65.5 Å². The van der Waals surface area contributed by atoms with Gasteiger partial charge in [-0.25, -0.2) is 4.98 Å². The molecule has 1 unspecified atom stereocenters. The predicted octanol–water partition coefficient (Wildman–Crippen LogP) is 2.95. The van der Waals surface area contributed by atoms with Crippen molar-refractivity contribution in [3.05, 3.63) is 59.8 Å². The number of benzene rings is 1. The first-order valence-electron chi connectivity index (χ1n) is 9.26. The van der Waals surface area contributed by atoms with Crippen molar-refractivity contribution in [2.45, 2.75) is 32.4 Å². The highest BCUT2D eigenvalue weighted by Gasteiger charge is 2.30. The summed E-state index contributed by atoms with van der Waals surface area (Å²) < 4.78 is 0. The third-order valence-corrected chi connectivity index (χ3v) is 5.17. The third kappa shape index (κ3) is 4.45. The average molecular weight is 366 g/mol. The van der Waals surface area contributed by atoms with Crippen molar-refractivity contribution in [2.75, 3.05) is 25.5 Å². The zero-order valence-corrected chi connectivity index (χ0v) is 16.1. The molecule has 1 saturated heterocycles. The summed E-state index contributed by atoms with van der Waals surface area (Å²) in [5.74, 6) is 0.724. The first-order chi connectivity index (χ1) is 13.0. The maximum Gasteiger partial charge on any atom is 0.255 e. The molecule has 0 saturated carbocycles. The van der Waals surface area contributed by atoms with Gasteiger partial charge in [0.2, 0.25) is 5.91 Å². The highest BCUT2D eigenvalue weighted by molar-refractivity contribution is 5.94. The van der Waals surface area contributed by atoms with E-state index in [2.05, 4.69) is 29.4 Å². The second kappa shape index (κ2) is 8.20. The molecule has 142 valence electrons. The van der Waals surface area contributed by atoms with E-state index in [0.717, 1.165) is 12.2 Å². The Morgan fingerprint density at radius 1 is 1.22 bits per heavy atom. The van der Waals surface area contributed by atoms with Gasteiger partial charge in [0.05, 0.1) is 11.6 Å². The van der Waals surface area contributed by atoms with Gasteiger partial charge in [-0.1, -0.05) is 30.3 Å². The number of rotatable bonds is 5. The number of carbonyl (C=O) groups is 2. The van der Waals surface area contributed by atoms with E-state index in [-0.39, 0.29) is 23.9 Å². The summed E-state index contributed by atoms with van der Waals surface area (Å²) in [6, 6.07) is 14.0. The SMILES string of the molecule is CC(=O)N(C)[C@H]1CCN(C(=O)c2ccc(NC(C)c3ccccc3)nc2)C1.